The van der Waals surface area contributed by atoms with Crippen molar-refractivity contribution in [2.24, 2.45) is 0 Å². The van der Waals surface area contributed by atoms with Gasteiger partial charge in [-0.15, -0.1) is 0 Å². The molecule has 0 fully saturated rings. The van der Waals surface area contributed by atoms with E-state index in [0.717, 1.165) is 0 Å². The van der Waals surface area contributed by atoms with Crippen LogP contribution in [0.3, 0.4) is 0 Å². The topological polar surface area (TPSA) is 95.1 Å². The van der Waals surface area contributed by atoms with E-state index in [-0.39, 0.29) is 11.4 Å². The average molecular weight is 247 g/mol. The normalized spacial score (nSPS) is 12.9. The van der Waals surface area contributed by atoms with Crippen LogP contribution in [0.4, 0.5) is 0 Å². The number of aromatic nitrogens is 2. The number of aliphatic hydroxyl groups is 1. The molecule has 0 aliphatic carbocycles. The highest BCUT2D eigenvalue weighted by molar-refractivity contribution is 7.89. The molecule has 0 atom stereocenters. The number of nitrogens with zero attached hydrogens (tertiary/aromatic N) is 1. The molecule has 6 nitrogen and oxygen atoms in total. The van der Waals surface area contributed by atoms with Gasteiger partial charge in [-0.1, -0.05) is 13.8 Å². The number of hydrogen-bond acceptors (Lipinski definition) is 4. The van der Waals surface area contributed by atoms with Crippen LogP contribution in [-0.2, 0) is 10.0 Å². The Hall–Kier alpha value is -0.920. The molecule has 0 aliphatic rings. The number of aromatic amines is 1. The van der Waals surface area contributed by atoms with Crippen molar-refractivity contribution in [3.63, 3.8) is 0 Å². The molecule has 1 aromatic heterocycles. The van der Waals surface area contributed by atoms with Gasteiger partial charge in [-0.05, 0) is 12.8 Å². The third-order valence-corrected chi connectivity index (χ3v) is 4.06. The number of sulfonamides is 1. The molecule has 0 amide bonds. The summed E-state index contributed by atoms with van der Waals surface area (Å²) in [6, 6.07) is 0. The zero-order valence-electron chi connectivity index (χ0n) is 9.40. The van der Waals surface area contributed by atoms with E-state index < -0.39 is 15.6 Å². The molecule has 3 N–H and O–H groups in total. The van der Waals surface area contributed by atoms with Gasteiger partial charge in [-0.25, -0.2) is 13.1 Å². The maximum absolute atomic E-state index is 11.7. The lowest BCUT2D eigenvalue weighted by Gasteiger charge is -2.25. The highest BCUT2D eigenvalue weighted by atomic mass is 32.2. The van der Waals surface area contributed by atoms with Gasteiger partial charge in [0.15, 0.2) is 0 Å². The van der Waals surface area contributed by atoms with Gasteiger partial charge in [0, 0.05) is 12.7 Å². The number of nitrogens with one attached hydrogen (secondary N) is 2. The second-order valence-electron chi connectivity index (χ2n) is 3.69. The average Bonchev–Trinajstić information content (AvgIpc) is 2.80. The van der Waals surface area contributed by atoms with Crippen LogP contribution in [0.1, 0.15) is 26.7 Å². The van der Waals surface area contributed by atoms with E-state index in [9.17, 15) is 13.5 Å². The molecule has 0 aromatic carbocycles. The molecule has 0 bridgehead atoms. The zero-order valence-corrected chi connectivity index (χ0v) is 10.2. The summed E-state index contributed by atoms with van der Waals surface area (Å²) in [5.74, 6) is 0. The van der Waals surface area contributed by atoms with Gasteiger partial charge in [0.2, 0.25) is 10.0 Å². The summed E-state index contributed by atoms with van der Waals surface area (Å²) >= 11 is 0. The predicted octanol–water partition coefficient (Wildman–Crippen LogP) is 0.239. The van der Waals surface area contributed by atoms with E-state index in [2.05, 4.69) is 14.9 Å². The molecular weight excluding hydrogens is 230 g/mol. The Morgan fingerprint density at radius 2 is 2.12 bits per heavy atom. The Labute approximate surface area is 95.1 Å². The monoisotopic (exact) mass is 247 g/mol. The maximum Gasteiger partial charge on any atom is 0.243 e. The van der Waals surface area contributed by atoms with Gasteiger partial charge in [0.05, 0.1) is 11.8 Å². The summed E-state index contributed by atoms with van der Waals surface area (Å²) in [4.78, 5) is 0.0713. The summed E-state index contributed by atoms with van der Waals surface area (Å²) in [6.45, 7) is 3.64. The van der Waals surface area contributed by atoms with Gasteiger partial charge in [-0.3, -0.25) is 5.10 Å². The van der Waals surface area contributed by atoms with Crippen molar-refractivity contribution in [3.05, 3.63) is 12.4 Å². The van der Waals surface area contributed by atoms with Crippen molar-refractivity contribution in [2.45, 2.75) is 37.2 Å². The Morgan fingerprint density at radius 1 is 1.50 bits per heavy atom. The Kier molecular flexibility index (Phi) is 4.06. The third-order valence-electron chi connectivity index (χ3n) is 2.69. The fourth-order valence-corrected chi connectivity index (χ4v) is 2.22. The second-order valence-corrected chi connectivity index (χ2v) is 5.46. The van der Waals surface area contributed by atoms with E-state index in [4.69, 9.17) is 0 Å². The van der Waals surface area contributed by atoms with Crippen LogP contribution < -0.4 is 4.72 Å². The molecule has 1 rings (SSSR count). The SMILES string of the molecule is CCC(O)(CC)CNS(=O)(=O)c1cn[nH]c1. The van der Waals surface area contributed by atoms with Gasteiger partial charge in [0.1, 0.15) is 4.90 Å². The van der Waals surface area contributed by atoms with Gasteiger partial charge < -0.3 is 5.11 Å². The van der Waals surface area contributed by atoms with Gasteiger partial charge in [0.25, 0.3) is 0 Å². The van der Waals surface area contributed by atoms with Crippen LogP contribution in [0, 0.1) is 0 Å². The minimum Gasteiger partial charge on any atom is -0.389 e. The summed E-state index contributed by atoms with van der Waals surface area (Å²) < 4.78 is 25.7. The van der Waals surface area contributed by atoms with Crippen LogP contribution in [0.15, 0.2) is 17.3 Å². The standard InChI is InChI=1S/C9H17N3O3S/c1-3-9(13,4-2)7-12-16(14,15)8-5-10-11-6-8/h5-6,12-13H,3-4,7H2,1-2H3,(H,10,11). The van der Waals surface area contributed by atoms with Gasteiger partial charge >= 0.3 is 0 Å². The molecule has 7 heteroatoms. The lowest BCUT2D eigenvalue weighted by molar-refractivity contribution is 0.0377. The van der Waals surface area contributed by atoms with Crippen molar-refractivity contribution in [3.8, 4) is 0 Å². The fourth-order valence-electron chi connectivity index (χ4n) is 1.20. The van der Waals surface area contributed by atoms with Crippen molar-refractivity contribution in [2.75, 3.05) is 6.54 Å². The first-order chi connectivity index (χ1) is 7.43. The molecule has 0 unspecified atom stereocenters. The summed E-state index contributed by atoms with van der Waals surface area (Å²) in [5, 5.41) is 15.9. The molecule has 0 spiro atoms. The molecule has 1 heterocycles. The van der Waals surface area contributed by atoms with Crippen molar-refractivity contribution >= 4 is 10.0 Å². The zero-order chi connectivity index (χ0) is 12.2. The van der Waals surface area contributed by atoms with Gasteiger partial charge in [-0.2, -0.15) is 5.10 Å². The highest BCUT2D eigenvalue weighted by Gasteiger charge is 2.25. The summed E-state index contributed by atoms with van der Waals surface area (Å²) in [6.07, 6.45) is 3.51. The van der Waals surface area contributed by atoms with E-state index in [1.807, 2.05) is 13.8 Å². The predicted molar refractivity (Wildman–Crippen MR) is 59.3 cm³/mol. The van der Waals surface area contributed by atoms with Crippen LogP contribution in [0.5, 0.6) is 0 Å². The van der Waals surface area contributed by atoms with E-state index in [1.54, 1.807) is 0 Å². The maximum atomic E-state index is 11.7. The number of hydrogen-bond donors (Lipinski definition) is 3. The first-order valence-electron chi connectivity index (χ1n) is 5.14. The quantitative estimate of drug-likeness (QED) is 0.671. The molecular formula is C9H17N3O3S. The largest absolute Gasteiger partial charge is 0.389 e. The lowest BCUT2D eigenvalue weighted by atomic mass is 9.98. The van der Waals surface area contributed by atoms with E-state index in [0.29, 0.717) is 12.8 Å². The summed E-state index contributed by atoms with van der Waals surface area (Å²) in [5.41, 5.74) is -0.989. The van der Waals surface area contributed by atoms with E-state index >= 15 is 0 Å². The molecule has 0 saturated heterocycles. The molecule has 0 radical (unpaired) electrons. The molecule has 0 saturated carbocycles. The Morgan fingerprint density at radius 3 is 2.56 bits per heavy atom. The van der Waals surface area contributed by atoms with Crippen molar-refractivity contribution in [1.82, 2.24) is 14.9 Å². The van der Waals surface area contributed by atoms with Crippen molar-refractivity contribution < 1.29 is 13.5 Å². The lowest BCUT2D eigenvalue weighted by Crippen LogP contribution is -2.41. The second kappa shape index (κ2) is 4.94. The first-order valence-corrected chi connectivity index (χ1v) is 6.62. The third kappa shape index (κ3) is 3.03. The first kappa shape index (κ1) is 13.1. The van der Waals surface area contributed by atoms with Crippen molar-refractivity contribution in [1.29, 1.82) is 0 Å². The summed E-state index contributed by atoms with van der Waals surface area (Å²) in [7, 11) is -3.57. The Bertz CT molecular complexity index is 409. The molecule has 92 valence electrons. The fraction of sp³-hybridized carbons (Fsp3) is 0.667. The number of rotatable bonds is 6. The minimum atomic E-state index is -3.57. The molecule has 0 aliphatic heterocycles. The van der Waals surface area contributed by atoms with Crippen LogP contribution in [0.2, 0.25) is 0 Å². The molecule has 16 heavy (non-hydrogen) atoms. The van der Waals surface area contributed by atoms with E-state index in [1.165, 1.54) is 12.4 Å². The minimum absolute atomic E-state index is 0.00745. The van der Waals surface area contributed by atoms with Crippen LogP contribution >= 0.6 is 0 Å². The highest BCUT2D eigenvalue weighted by Crippen LogP contribution is 2.14. The van der Waals surface area contributed by atoms with Crippen LogP contribution in [0.25, 0.3) is 0 Å². The number of H-pyrrole nitrogens is 1. The smallest absolute Gasteiger partial charge is 0.243 e. The van der Waals surface area contributed by atoms with Crippen LogP contribution in [-0.4, -0.2) is 35.9 Å². The molecule has 1 aromatic rings. The Balaban J connectivity index is 2.69.